The number of hydrogen-bond donors (Lipinski definition) is 1. The van der Waals surface area contributed by atoms with Gasteiger partial charge < -0.3 is 19.5 Å². The molecule has 0 fully saturated rings. The maximum Gasteiger partial charge on any atom is 0.156 e. The number of nitrogens with one attached hydrogen (secondary N) is 1. The Morgan fingerprint density at radius 2 is 1.71 bits per heavy atom. The van der Waals surface area contributed by atoms with Crippen molar-refractivity contribution in [3.8, 4) is 5.75 Å². The van der Waals surface area contributed by atoms with Crippen LogP contribution in [0.5, 0.6) is 5.75 Å². The van der Waals surface area contributed by atoms with E-state index in [0.717, 1.165) is 31.7 Å². The van der Waals surface area contributed by atoms with Gasteiger partial charge in [0.05, 0.1) is 23.3 Å². The van der Waals surface area contributed by atoms with Gasteiger partial charge in [-0.15, -0.1) is 0 Å². The Balaban J connectivity index is 2.07. The van der Waals surface area contributed by atoms with Crippen molar-refractivity contribution < 1.29 is 14.2 Å². The summed E-state index contributed by atoms with van der Waals surface area (Å²) in [5.41, 5.74) is 1.01. The Labute approximate surface area is 136 Å². The Morgan fingerprint density at radius 1 is 1.00 bits per heavy atom. The fourth-order valence-corrected chi connectivity index (χ4v) is 2.45. The molecule has 120 valence electrons. The van der Waals surface area contributed by atoms with Crippen molar-refractivity contribution in [1.82, 2.24) is 5.32 Å². The fraction of sp³-hybridized carbons (Fsp3) is 0.600. The van der Waals surface area contributed by atoms with E-state index in [1.54, 1.807) is 7.11 Å². The van der Waals surface area contributed by atoms with Crippen molar-refractivity contribution >= 4 is 23.2 Å². The van der Waals surface area contributed by atoms with Crippen LogP contribution in [0.1, 0.15) is 12.0 Å². The predicted molar refractivity (Wildman–Crippen MR) is 86.9 cm³/mol. The monoisotopic (exact) mass is 335 g/mol. The number of aryl methyl sites for hydroxylation is 1. The molecule has 0 aliphatic carbocycles. The Morgan fingerprint density at radius 3 is 2.38 bits per heavy atom. The van der Waals surface area contributed by atoms with Crippen LogP contribution in [-0.2, 0) is 9.47 Å². The fourth-order valence-electron chi connectivity index (χ4n) is 1.74. The molecule has 0 saturated heterocycles. The van der Waals surface area contributed by atoms with Crippen molar-refractivity contribution in [2.45, 2.75) is 13.3 Å². The third kappa shape index (κ3) is 7.88. The zero-order valence-electron chi connectivity index (χ0n) is 12.6. The number of halogens is 2. The Hall–Kier alpha value is -0.520. The maximum absolute atomic E-state index is 6.09. The first kappa shape index (κ1) is 18.5. The van der Waals surface area contributed by atoms with Crippen molar-refractivity contribution in [3.63, 3.8) is 0 Å². The quantitative estimate of drug-likeness (QED) is 0.629. The summed E-state index contributed by atoms with van der Waals surface area (Å²) < 4.78 is 16.0. The lowest BCUT2D eigenvalue weighted by molar-refractivity contribution is 0.101. The molecular formula is C15H23Cl2NO3. The first-order valence-electron chi connectivity index (χ1n) is 7.01. The van der Waals surface area contributed by atoms with Crippen LogP contribution >= 0.6 is 23.2 Å². The van der Waals surface area contributed by atoms with Crippen LogP contribution in [0, 0.1) is 6.92 Å². The van der Waals surface area contributed by atoms with Crippen molar-refractivity contribution in [2.75, 3.05) is 46.6 Å². The first-order chi connectivity index (χ1) is 10.1. The van der Waals surface area contributed by atoms with E-state index < -0.39 is 0 Å². The highest BCUT2D eigenvalue weighted by molar-refractivity contribution is 6.37. The molecule has 0 aromatic heterocycles. The molecule has 0 amide bonds. The molecule has 6 heteroatoms. The first-order valence-corrected chi connectivity index (χ1v) is 7.76. The Kier molecular flexibility index (Phi) is 9.79. The van der Waals surface area contributed by atoms with E-state index in [4.69, 9.17) is 37.4 Å². The molecule has 1 rings (SSSR count). The van der Waals surface area contributed by atoms with Gasteiger partial charge in [0, 0.05) is 20.3 Å². The molecule has 1 N–H and O–H groups in total. The summed E-state index contributed by atoms with van der Waals surface area (Å²) in [6.07, 6.45) is 1.00. The zero-order valence-corrected chi connectivity index (χ0v) is 14.1. The lowest BCUT2D eigenvalue weighted by Gasteiger charge is -2.11. The molecule has 0 atom stereocenters. The van der Waals surface area contributed by atoms with Gasteiger partial charge in [-0.3, -0.25) is 0 Å². The molecule has 0 aliphatic rings. The largest absolute Gasteiger partial charge is 0.488 e. The van der Waals surface area contributed by atoms with Crippen LogP contribution in [0.25, 0.3) is 0 Å². The van der Waals surface area contributed by atoms with Crippen molar-refractivity contribution in [1.29, 1.82) is 0 Å². The second kappa shape index (κ2) is 11.1. The van der Waals surface area contributed by atoms with E-state index >= 15 is 0 Å². The molecule has 1 aromatic carbocycles. The van der Waals surface area contributed by atoms with Gasteiger partial charge in [-0.2, -0.15) is 0 Å². The SMILES string of the molecule is COCCCNCCOCCOc1c(Cl)cc(C)cc1Cl. The second-order valence-electron chi connectivity index (χ2n) is 4.61. The number of rotatable bonds is 11. The summed E-state index contributed by atoms with van der Waals surface area (Å²) in [4.78, 5) is 0. The molecule has 0 unspecified atom stereocenters. The number of benzene rings is 1. The average molecular weight is 336 g/mol. The molecule has 0 radical (unpaired) electrons. The minimum atomic E-state index is 0.423. The number of ether oxygens (including phenoxy) is 3. The Bertz CT molecular complexity index is 393. The van der Waals surface area contributed by atoms with Gasteiger partial charge in [-0.1, -0.05) is 23.2 Å². The number of methoxy groups -OCH3 is 1. The molecule has 0 bridgehead atoms. The summed E-state index contributed by atoms with van der Waals surface area (Å²) >= 11 is 12.2. The number of hydrogen-bond acceptors (Lipinski definition) is 4. The van der Waals surface area contributed by atoms with Crippen molar-refractivity contribution in [3.05, 3.63) is 27.7 Å². The van der Waals surface area contributed by atoms with Gasteiger partial charge >= 0.3 is 0 Å². The summed E-state index contributed by atoms with van der Waals surface area (Å²) in [6.45, 7) is 6.03. The lowest BCUT2D eigenvalue weighted by Crippen LogP contribution is -2.22. The minimum Gasteiger partial charge on any atom is -0.488 e. The van der Waals surface area contributed by atoms with Gasteiger partial charge in [0.1, 0.15) is 6.61 Å². The third-order valence-corrected chi connectivity index (χ3v) is 3.30. The highest BCUT2D eigenvalue weighted by Crippen LogP contribution is 2.33. The van der Waals surface area contributed by atoms with Crippen LogP contribution < -0.4 is 10.1 Å². The molecule has 4 nitrogen and oxygen atoms in total. The van der Waals surface area contributed by atoms with Gasteiger partial charge in [0.25, 0.3) is 0 Å². The van der Waals surface area contributed by atoms with E-state index in [1.165, 1.54) is 0 Å². The van der Waals surface area contributed by atoms with Crippen LogP contribution in [0.4, 0.5) is 0 Å². The van der Waals surface area contributed by atoms with E-state index in [1.807, 2.05) is 19.1 Å². The summed E-state index contributed by atoms with van der Waals surface area (Å²) in [5.74, 6) is 0.519. The standard InChI is InChI=1S/C15H23Cl2NO3/c1-12-10-13(16)15(14(17)11-12)21-9-8-20-7-5-18-4-3-6-19-2/h10-11,18H,3-9H2,1-2H3. The molecule has 1 aromatic rings. The molecule has 0 aliphatic heterocycles. The highest BCUT2D eigenvalue weighted by atomic mass is 35.5. The topological polar surface area (TPSA) is 39.7 Å². The maximum atomic E-state index is 6.09. The zero-order chi connectivity index (χ0) is 15.5. The van der Waals surface area contributed by atoms with Crippen LogP contribution in [0.3, 0.4) is 0 Å². The summed E-state index contributed by atoms with van der Waals surface area (Å²) in [7, 11) is 1.70. The van der Waals surface area contributed by atoms with Gasteiger partial charge in [0.2, 0.25) is 0 Å². The summed E-state index contributed by atoms with van der Waals surface area (Å²) in [6, 6.07) is 3.65. The van der Waals surface area contributed by atoms with Gasteiger partial charge in [-0.05, 0) is 37.6 Å². The average Bonchev–Trinajstić information content (AvgIpc) is 2.43. The smallest absolute Gasteiger partial charge is 0.156 e. The minimum absolute atomic E-state index is 0.423. The molecule has 0 heterocycles. The van der Waals surface area contributed by atoms with E-state index in [0.29, 0.717) is 35.6 Å². The second-order valence-corrected chi connectivity index (χ2v) is 5.43. The molecular weight excluding hydrogens is 313 g/mol. The van der Waals surface area contributed by atoms with Crippen molar-refractivity contribution in [2.24, 2.45) is 0 Å². The van der Waals surface area contributed by atoms with Gasteiger partial charge in [0.15, 0.2) is 5.75 Å². The van der Waals surface area contributed by atoms with E-state index in [2.05, 4.69) is 5.32 Å². The van der Waals surface area contributed by atoms with E-state index in [9.17, 15) is 0 Å². The van der Waals surface area contributed by atoms with Crippen LogP contribution in [-0.4, -0.2) is 46.6 Å². The summed E-state index contributed by atoms with van der Waals surface area (Å²) in [5, 5.41) is 4.32. The van der Waals surface area contributed by atoms with E-state index in [-0.39, 0.29) is 0 Å². The van der Waals surface area contributed by atoms with Crippen LogP contribution in [0.15, 0.2) is 12.1 Å². The highest BCUT2D eigenvalue weighted by Gasteiger charge is 2.08. The normalized spacial score (nSPS) is 10.9. The molecule has 0 saturated carbocycles. The van der Waals surface area contributed by atoms with Crippen LogP contribution in [0.2, 0.25) is 10.0 Å². The molecule has 21 heavy (non-hydrogen) atoms. The molecule has 0 spiro atoms. The predicted octanol–water partition coefficient (Wildman–Crippen LogP) is 3.32. The lowest BCUT2D eigenvalue weighted by atomic mass is 10.2. The third-order valence-electron chi connectivity index (χ3n) is 2.74. The van der Waals surface area contributed by atoms with Gasteiger partial charge in [-0.25, -0.2) is 0 Å².